The lowest BCUT2D eigenvalue weighted by Crippen LogP contribution is -2.17. The average Bonchev–Trinajstić information content (AvgIpc) is 3.21. The number of rotatable bonds is 8. The van der Waals surface area contributed by atoms with E-state index in [0.717, 1.165) is 24.6 Å². The highest BCUT2D eigenvalue weighted by atomic mass is 35.5. The standard InChI is InChI=1S/C19H20ClNO4S.C9H16O2/c20-15-11-14(25-17(22)9-6-12-4-2-1-3-5-12)8-7-13(15)10-16-18(23)21-19(24)26-16;10-9(11)7-6-8-4-2-1-3-5-8/h7-8,10-12H,1-6,9H2,(H,21,23,24);8H,1-7H2,(H,10,11)/b16-10-;. The van der Waals surface area contributed by atoms with Crippen LogP contribution >= 0.6 is 23.4 Å². The Bertz CT molecular complexity index is 998. The van der Waals surface area contributed by atoms with E-state index in [1.54, 1.807) is 24.3 Å². The predicted octanol–water partition coefficient (Wildman–Crippen LogP) is 7.36. The zero-order valence-corrected chi connectivity index (χ0v) is 22.7. The highest BCUT2D eigenvalue weighted by Crippen LogP contribution is 2.31. The van der Waals surface area contributed by atoms with E-state index < -0.39 is 17.1 Å². The maximum atomic E-state index is 12.0. The van der Waals surface area contributed by atoms with E-state index >= 15 is 0 Å². The third kappa shape index (κ3) is 10.5. The number of imide groups is 1. The summed E-state index contributed by atoms with van der Waals surface area (Å²) in [5.41, 5.74) is 0.584. The molecular formula is C28H36ClNO6S. The molecule has 2 N–H and O–H groups in total. The number of benzene rings is 1. The largest absolute Gasteiger partial charge is 0.481 e. The number of aliphatic carboxylic acids is 1. The second-order valence-electron chi connectivity index (χ2n) is 9.99. The zero-order valence-electron chi connectivity index (χ0n) is 21.1. The van der Waals surface area contributed by atoms with Gasteiger partial charge in [0, 0.05) is 18.9 Å². The number of amides is 2. The van der Waals surface area contributed by atoms with Gasteiger partial charge in [0.05, 0.1) is 9.93 Å². The average molecular weight is 550 g/mol. The molecule has 7 nitrogen and oxygen atoms in total. The van der Waals surface area contributed by atoms with Gasteiger partial charge >= 0.3 is 11.9 Å². The molecule has 0 bridgehead atoms. The lowest BCUT2D eigenvalue weighted by molar-refractivity contribution is -0.137. The molecule has 0 spiro atoms. The molecule has 0 unspecified atom stereocenters. The molecule has 1 aromatic rings. The van der Waals surface area contributed by atoms with Crippen molar-refractivity contribution in [3.05, 3.63) is 33.7 Å². The number of carboxylic acids is 1. The van der Waals surface area contributed by atoms with Gasteiger partial charge in [0.2, 0.25) is 0 Å². The van der Waals surface area contributed by atoms with E-state index in [0.29, 0.717) is 41.0 Å². The Morgan fingerprint density at radius 2 is 1.57 bits per heavy atom. The van der Waals surface area contributed by atoms with Gasteiger partial charge in [0.1, 0.15) is 5.75 Å². The summed E-state index contributed by atoms with van der Waals surface area (Å²) < 4.78 is 5.37. The second kappa shape index (κ2) is 15.2. The maximum absolute atomic E-state index is 12.0. The highest BCUT2D eigenvalue weighted by molar-refractivity contribution is 8.18. The molecule has 4 rings (SSSR count). The smallest absolute Gasteiger partial charge is 0.311 e. The van der Waals surface area contributed by atoms with E-state index in [1.807, 2.05) is 0 Å². The van der Waals surface area contributed by atoms with E-state index in [2.05, 4.69) is 5.32 Å². The van der Waals surface area contributed by atoms with Gasteiger partial charge in [-0.05, 0) is 60.2 Å². The number of esters is 1. The number of carbonyl (C=O) groups is 4. The number of halogens is 1. The molecule has 0 aromatic heterocycles. The van der Waals surface area contributed by atoms with Gasteiger partial charge < -0.3 is 9.84 Å². The minimum absolute atomic E-state index is 0.255. The number of ether oxygens (including phenoxy) is 1. The van der Waals surface area contributed by atoms with Crippen molar-refractivity contribution in [3.8, 4) is 5.75 Å². The number of thioether (sulfide) groups is 1. The fourth-order valence-corrected chi connectivity index (χ4v) is 5.93. The van der Waals surface area contributed by atoms with Crippen LogP contribution in [0, 0.1) is 11.8 Å². The quantitative estimate of drug-likeness (QED) is 0.198. The third-order valence-electron chi connectivity index (χ3n) is 7.10. The van der Waals surface area contributed by atoms with Crippen molar-refractivity contribution >= 4 is 52.5 Å². The molecule has 1 heterocycles. The van der Waals surface area contributed by atoms with Crippen LogP contribution in [-0.4, -0.2) is 28.2 Å². The highest BCUT2D eigenvalue weighted by Gasteiger charge is 2.25. The van der Waals surface area contributed by atoms with Gasteiger partial charge in [-0.2, -0.15) is 0 Å². The molecule has 3 aliphatic rings. The Balaban J connectivity index is 0.000000289. The van der Waals surface area contributed by atoms with E-state index in [-0.39, 0.29) is 10.9 Å². The Hall–Kier alpha value is -2.32. The molecule has 9 heteroatoms. The van der Waals surface area contributed by atoms with Crippen LogP contribution in [0.5, 0.6) is 5.75 Å². The van der Waals surface area contributed by atoms with E-state index in [4.69, 9.17) is 21.4 Å². The first kappa shape index (κ1) is 29.2. The zero-order chi connectivity index (χ0) is 26.6. The van der Waals surface area contributed by atoms with Crippen molar-refractivity contribution in [2.24, 2.45) is 11.8 Å². The van der Waals surface area contributed by atoms with Crippen LogP contribution in [0.1, 0.15) is 95.5 Å². The first-order valence-electron chi connectivity index (χ1n) is 13.3. The molecule has 0 atom stereocenters. The summed E-state index contributed by atoms with van der Waals surface area (Å²) in [5.74, 6) is 0.385. The first-order valence-corrected chi connectivity index (χ1v) is 14.5. The molecule has 2 saturated carbocycles. The fourth-order valence-electron chi connectivity index (χ4n) is 5.03. The van der Waals surface area contributed by atoms with Crippen molar-refractivity contribution in [3.63, 3.8) is 0 Å². The molecular weight excluding hydrogens is 514 g/mol. The molecule has 1 aliphatic heterocycles. The summed E-state index contributed by atoms with van der Waals surface area (Å²) in [6.45, 7) is 0. The minimum atomic E-state index is -0.643. The number of hydrogen-bond acceptors (Lipinski definition) is 6. The molecule has 2 aliphatic carbocycles. The molecule has 202 valence electrons. The molecule has 3 fully saturated rings. The molecule has 1 saturated heterocycles. The summed E-state index contributed by atoms with van der Waals surface area (Å²) in [6, 6.07) is 4.84. The van der Waals surface area contributed by atoms with Gasteiger partial charge in [-0.15, -0.1) is 0 Å². The SMILES string of the molecule is O=C(CCC1CCCCC1)Oc1ccc(/C=C2\SC(=O)NC2=O)c(Cl)c1.O=C(O)CCC1CCCCC1. The minimum Gasteiger partial charge on any atom is -0.481 e. The van der Waals surface area contributed by atoms with Gasteiger partial charge in [-0.3, -0.25) is 24.5 Å². The Kier molecular flexibility index (Phi) is 12.0. The summed E-state index contributed by atoms with van der Waals surface area (Å²) in [7, 11) is 0. The lowest BCUT2D eigenvalue weighted by Gasteiger charge is -2.20. The third-order valence-corrected chi connectivity index (χ3v) is 8.24. The van der Waals surface area contributed by atoms with Gasteiger partial charge in [-0.25, -0.2) is 0 Å². The number of carboxylic acid groups (broad SMARTS) is 1. The van der Waals surface area contributed by atoms with E-state index in [1.165, 1.54) is 64.2 Å². The van der Waals surface area contributed by atoms with Crippen molar-refractivity contribution in [1.82, 2.24) is 5.32 Å². The van der Waals surface area contributed by atoms with Gasteiger partial charge in [0.15, 0.2) is 0 Å². The van der Waals surface area contributed by atoms with Crippen LogP contribution in [0.15, 0.2) is 23.1 Å². The Labute approximate surface area is 227 Å². The van der Waals surface area contributed by atoms with Crippen molar-refractivity contribution in [2.45, 2.75) is 89.9 Å². The topological polar surface area (TPSA) is 110 Å². The monoisotopic (exact) mass is 549 g/mol. The van der Waals surface area contributed by atoms with Crippen LogP contribution in [0.25, 0.3) is 6.08 Å². The summed E-state index contributed by atoms with van der Waals surface area (Å²) >= 11 is 7.04. The maximum Gasteiger partial charge on any atom is 0.311 e. The van der Waals surface area contributed by atoms with Crippen LogP contribution in [0.2, 0.25) is 5.02 Å². The van der Waals surface area contributed by atoms with Crippen molar-refractivity contribution < 1.29 is 29.0 Å². The van der Waals surface area contributed by atoms with Crippen LogP contribution in [0.3, 0.4) is 0 Å². The number of hydrogen-bond donors (Lipinski definition) is 2. The second-order valence-corrected chi connectivity index (χ2v) is 11.4. The molecule has 1 aromatic carbocycles. The van der Waals surface area contributed by atoms with E-state index in [9.17, 15) is 19.2 Å². The Morgan fingerprint density at radius 1 is 0.973 bits per heavy atom. The predicted molar refractivity (Wildman–Crippen MR) is 145 cm³/mol. The number of carbonyl (C=O) groups excluding carboxylic acids is 3. The van der Waals surface area contributed by atoms with Gasteiger partial charge in [-0.1, -0.05) is 75.8 Å². The summed E-state index contributed by atoms with van der Waals surface area (Å²) in [6.07, 6.45) is 16.8. The lowest BCUT2D eigenvalue weighted by atomic mass is 9.86. The van der Waals surface area contributed by atoms with Crippen LogP contribution < -0.4 is 10.1 Å². The van der Waals surface area contributed by atoms with Crippen molar-refractivity contribution in [1.29, 1.82) is 0 Å². The Morgan fingerprint density at radius 3 is 2.08 bits per heavy atom. The van der Waals surface area contributed by atoms with Crippen LogP contribution in [-0.2, 0) is 14.4 Å². The van der Waals surface area contributed by atoms with Gasteiger partial charge in [0.25, 0.3) is 11.1 Å². The van der Waals surface area contributed by atoms with Crippen LogP contribution in [0.4, 0.5) is 4.79 Å². The summed E-state index contributed by atoms with van der Waals surface area (Å²) in [4.78, 5) is 45.3. The van der Waals surface area contributed by atoms with Crippen molar-refractivity contribution in [2.75, 3.05) is 0 Å². The molecule has 0 radical (unpaired) electrons. The number of nitrogens with one attached hydrogen (secondary N) is 1. The fraction of sp³-hybridized carbons (Fsp3) is 0.571. The first-order chi connectivity index (χ1) is 17.8. The summed E-state index contributed by atoms with van der Waals surface area (Å²) in [5, 5.41) is 10.6. The molecule has 37 heavy (non-hydrogen) atoms. The normalized spacial score (nSPS) is 19.8. The molecule has 2 amide bonds.